The van der Waals surface area contributed by atoms with Crippen molar-refractivity contribution in [3.63, 3.8) is 0 Å². The van der Waals surface area contributed by atoms with Crippen LogP contribution >= 0.6 is 11.3 Å². The summed E-state index contributed by atoms with van der Waals surface area (Å²) >= 11 is 1.29. The first kappa shape index (κ1) is 17.1. The molecule has 3 rings (SSSR count). The number of anilines is 1. The zero-order valence-corrected chi connectivity index (χ0v) is 14.6. The third kappa shape index (κ3) is 3.82. The number of ether oxygens (including phenoxy) is 2. The lowest BCUT2D eigenvalue weighted by Crippen LogP contribution is -2.52. The quantitative estimate of drug-likeness (QED) is 0.823. The molecule has 132 valence electrons. The first-order chi connectivity index (χ1) is 11.5. The molecule has 24 heavy (non-hydrogen) atoms. The number of piperidine rings is 1. The predicted octanol–water partition coefficient (Wildman–Crippen LogP) is 0.540. The fourth-order valence-electron chi connectivity index (χ4n) is 3.18. The lowest BCUT2D eigenvalue weighted by molar-refractivity contribution is -0.118. The van der Waals surface area contributed by atoms with Crippen LogP contribution in [0.2, 0.25) is 0 Å². The average Bonchev–Trinajstić information content (AvgIpc) is 3.04. The number of likely N-dealkylation sites (N-methyl/N-ethyl adjacent to an activating group) is 1. The van der Waals surface area contributed by atoms with Gasteiger partial charge in [-0.05, 0) is 19.4 Å². The van der Waals surface area contributed by atoms with Crippen LogP contribution in [0.25, 0.3) is 0 Å². The molecule has 2 aliphatic heterocycles. The van der Waals surface area contributed by atoms with Crippen LogP contribution in [-0.4, -0.2) is 77.9 Å². The SMILES string of the molecule is COCc1nnc(NC(=O)CN2CCCC3(C2)CN(C)C(=O)O3)s1. The Balaban J connectivity index is 1.53. The molecular weight excluding hydrogens is 334 g/mol. The molecule has 9 nitrogen and oxygen atoms in total. The van der Waals surface area contributed by atoms with Crippen LogP contribution in [0.3, 0.4) is 0 Å². The monoisotopic (exact) mass is 355 g/mol. The van der Waals surface area contributed by atoms with Crippen molar-refractivity contribution in [1.82, 2.24) is 20.0 Å². The molecule has 1 aromatic heterocycles. The summed E-state index contributed by atoms with van der Waals surface area (Å²) in [6.07, 6.45) is 1.43. The second kappa shape index (κ2) is 6.99. The van der Waals surface area contributed by atoms with Gasteiger partial charge in [0.2, 0.25) is 11.0 Å². The summed E-state index contributed by atoms with van der Waals surface area (Å²) in [6.45, 7) is 2.56. The Labute approximate surface area is 143 Å². The van der Waals surface area contributed by atoms with E-state index in [9.17, 15) is 9.59 Å². The molecule has 2 amide bonds. The maximum Gasteiger partial charge on any atom is 0.410 e. The summed E-state index contributed by atoms with van der Waals surface area (Å²) in [5.41, 5.74) is -0.487. The third-order valence-corrected chi connectivity index (χ3v) is 4.92. The maximum atomic E-state index is 12.2. The van der Waals surface area contributed by atoms with Crippen molar-refractivity contribution >= 4 is 28.5 Å². The van der Waals surface area contributed by atoms with Gasteiger partial charge in [-0.2, -0.15) is 0 Å². The summed E-state index contributed by atoms with van der Waals surface area (Å²) in [5.74, 6) is -0.148. The smallest absolute Gasteiger partial charge is 0.410 e. The molecule has 2 aliphatic rings. The Bertz CT molecular complexity index is 624. The van der Waals surface area contributed by atoms with Crippen LogP contribution in [-0.2, 0) is 20.9 Å². The van der Waals surface area contributed by atoms with Crippen molar-refractivity contribution in [3.05, 3.63) is 5.01 Å². The number of carbonyl (C=O) groups is 2. The number of likely N-dealkylation sites (tertiary alicyclic amines) is 1. The fourth-order valence-corrected chi connectivity index (χ4v) is 3.91. The first-order valence-corrected chi connectivity index (χ1v) is 8.59. The van der Waals surface area contributed by atoms with Gasteiger partial charge in [0, 0.05) is 20.7 Å². The molecule has 0 radical (unpaired) electrons. The highest BCUT2D eigenvalue weighted by molar-refractivity contribution is 7.15. The normalized spacial score (nSPS) is 24.4. The molecule has 2 saturated heterocycles. The van der Waals surface area contributed by atoms with E-state index in [1.54, 1.807) is 19.1 Å². The zero-order chi connectivity index (χ0) is 17.2. The van der Waals surface area contributed by atoms with E-state index in [1.165, 1.54) is 11.3 Å². The lowest BCUT2D eigenvalue weighted by Gasteiger charge is -2.37. The summed E-state index contributed by atoms with van der Waals surface area (Å²) in [5, 5.41) is 11.8. The molecule has 1 unspecified atom stereocenters. The van der Waals surface area contributed by atoms with Crippen LogP contribution < -0.4 is 5.32 Å². The number of rotatable bonds is 5. The van der Waals surface area contributed by atoms with Crippen molar-refractivity contribution in [2.24, 2.45) is 0 Å². The number of hydrogen-bond donors (Lipinski definition) is 1. The summed E-state index contributed by atoms with van der Waals surface area (Å²) in [6, 6.07) is 0. The number of hydrogen-bond acceptors (Lipinski definition) is 8. The van der Waals surface area contributed by atoms with E-state index < -0.39 is 5.60 Å². The summed E-state index contributed by atoms with van der Waals surface area (Å²) in [7, 11) is 3.31. The second-order valence-electron chi connectivity index (χ2n) is 6.20. The highest BCUT2D eigenvalue weighted by Gasteiger charge is 2.46. The molecule has 2 fully saturated rings. The largest absolute Gasteiger partial charge is 0.440 e. The van der Waals surface area contributed by atoms with Gasteiger partial charge in [-0.25, -0.2) is 4.79 Å². The number of nitrogens with one attached hydrogen (secondary N) is 1. The number of methoxy groups -OCH3 is 1. The minimum atomic E-state index is -0.487. The first-order valence-electron chi connectivity index (χ1n) is 7.77. The minimum Gasteiger partial charge on any atom is -0.440 e. The molecule has 1 N–H and O–H groups in total. The van der Waals surface area contributed by atoms with Gasteiger partial charge in [0.1, 0.15) is 17.2 Å². The zero-order valence-electron chi connectivity index (χ0n) is 13.8. The Hall–Kier alpha value is -1.78. The average molecular weight is 355 g/mol. The number of aromatic nitrogens is 2. The summed E-state index contributed by atoms with van der Waals surface area (Å²) < 4.78 is 10.5. The van der Waals surface area contributed by atoms with Crippen LogP contribution in [0.1, 0.15) is 17.8 Å². The van der Waals surface area contributed by atoms with E-state index in [-0.39, 0.29) is 18.5 Å². The highest BCUT2D eigenvalue weighted by Crippen LogP contribution is 2.31. The van der Waals surface area contributed by atoms with Crippen LogP contribution in [0.5, 0.6) is 0 Å². The van der Waals surface area contributed by atoms with E-state index in [4.69, 9.17) is 9.47 Å². The molecule has 1 atom stereocenters. The van der Waals surface area contributed by atoms with Crippen molar-refractivity contribution in [3.8, 4) is 0 Å². The van der Waals surface area contributed by atoms with Crippen molar-refractivity contribution in [2.45, 2.75) is 25.0 Å². The van der Waals surface area contributed by atoms with E-state index in [0.29, 0.717) is 29.8 Å². The topological polar surface area (TPSA) is 96.9 Å². The molecular formula is C14H21N5O4S. The number of nitrogens with zero attached hydrogens (tertiary/aromatic N) is 4. The maximum absolute atomic E-state index is 12.2. The standard InChI is InChI=1S/C14H21N5O4S/c1-18-8-14(23-13(18)21)4-3-5-19(9-14)6-10(20)15-12-17-16-11(24-12)7-22-2/h3-9H2,1-2H3,(H,15,17,20). The molecule has 0 saturated carbocycles. The van der Waals surface area contributed by atoms with Gasteiger partial charge in [0.05, 0.1) is 13.1 Å². The van der Waals surface area contributed by atoms with E-state index in [1.807, 2.05) is 4.90 Å². The van der Waals surface area contributed by atoms with E-state index in [0.717, 1.165) is 19.4 Å². The highest BCUT2D eigenvalue weighted by atomic mass is 32.1. The number of carbonyl (C=O) groups excluding carboxylic acids is 2. The van der Waals surface area contributed by atoms with Gasteiger partial charge in [-0.3, -0.25) is 15.0 Å². The second-order valence-corrected chi connectivity index (χ2v) is 7.27. The van der Waals surface area contributed by atoms with Gasteiger partial charge in [0.25, 0.3) is 0 Å². The molecule has 1 aromatic rings. The molecule has 0 aromatic carbocycles. The third-order valence-electron chi connectivity index (χ3n) is 4.11. The van der Waals surface area contributed by atoms with Gasteiger partial charge in [-0.15, -0.1) is 10.2 Å². The van der Waals surface area contributed by atoms with Crippen molar-refractivity contribution in [1.29, 1.82) is 0 Å². The Kier molecular flexibility index (Phi) is 4.97. The molecule has 1 spiro atoms. The van der Waals surface area contributed by atoms with Gasteiger partial charge < -0.3 is 14.4 Å². The minimum absolute atomic E-state index is 0.148. The van der Waals surface area contributed by atoms with Crippen LogP contribution in [0, 0.1) is 0 Å². The van der Waals surface area contributed by atoms with E-state index in [2.05, 4.69) is 15.5 Å². The number of amides is 2. The van der Waals surface area contributed by atoms with E-state index >= 15 is 0 Å². The molecule has 0 bridgehead atoms. The molecule has 3 heterocycles. The van der Waals surface area contributed by atoms with Crippen molar-refractivity contribution in [2.75, 3.05) is 45.7 Å². The van der Waals surface area contributed by atoms with Gasteiger partial charge in [0.15, 0.2) is 0 Å². The van der Waals surface area contributed by atoms with Crippen LogP contribution in [0.4, 0.5) is 9.93 Å². The van der Waals surface area contributed by atoms with Gasteiger partial charge in [-0.1, -0.05) is 11.3 Å². The Morgan fingerprint density at radius 3 is 3.00 bits per heavy atom. The molecule has 0 aliphatic carbocycles. The van der Waals surface area contributed by atoms with Crippen molar-refractivity contribution < 1.29 is 19.1 Å². The molecule has 10 heteroatoms. The Morgan fingerprint density at radius 1 is 1.46 bits per heavy atom. The lowest BCUT2D eigenvalue weighted by atomic mass is 9.93. The Morgan fingerprint density at radius 2 is 2.29 bits per heavy atom. The predicted molar refractivity (Wildman–Crippen MR) is 86.8 cm³/mol. The van der Waals surface area contributed by atoms with Gasteiger partial charge >= 0.3 is 6.09 Å². The van der Waals surface area contributed by atoms with Crippen LogP contribution in [0.15, 0.2) is 0 Å². The summed E-state index contributed by atoms with van der Waals surface area (Å²) in [4.78, 5) is 27.5. The fraction of sp³-hybridized carbons (Fsp3) is 0.714.